The maximum absolute atomic E-state index is 8.65. The number of nitrogens with zero attached hydrogens (tertiary/aromatic N) is 1. The molecule has 0 amide bonds. The van der Waals surface area contributed by atoms with Gasteiger partial charge in [-0.2, -0.15) is 0 Å². The molecule has 54 valence electrons. The van der Waals surface area contributed by atoms with E-state index in [2.05, 4.69) is 0 Å². The molecule has 1 rings (SSSR count). The van der Waals surface area contributed by atoms with E-state index in [-0.39, 0.29) is 0 Å². The molecule has 0 radical (unpaired) electrons. The average Bonchev–Trinajstić information content (AvgIpc) is 2.13. The summed E-state index contributed by atoms with van der Waals surface area (Å²) in [7, 11) is 0.299. The summed E-state index contributed by atoms with van der Waals surface area (Å²) in [6, 6.07) is 1.51. The van der Waals surface area contributed by atoms with E-state index in [0.717, 1.165) is 0 Å². The van der Waals surface area contributed by atoms with Crippen molar-refractivity contribution in [3.8, 4) is 0 Å². The van der Waals surface area contributed by atoms with Crippen molar-refractivity contribution in [3.63, 3.8) is 0 Å². The van der Waals surface area contributed by atoms with Gasteiger partial charge in [0.25, 0.3) is 0 Å². The summed E-state index contributed by atoms with van der Waals surface area (Å²) in [5.41, 5.74) is 0.410. The smallest absolute Gasteiger partial charge is 0.423 e. The Bertz CT molecular complexity index is 216. The summed E-state index contributed by atoms with van der Waals surface area (Å²) in [6.45, 7) is 0. The Kier molecular flexibility index (Phi) is 2.04. The first-order valence-corrected chi connectivity index (χ1v) is 3.17. The Morgan fingerprint density at radius 2 is 2.20 bits per heavy atom. The first-order valence-electron chi connectivity index (χ1n) is 2.79. The van der Waals surface area contributed by atoms with Crippen molar-refractivity contribution in [1.82, 2.24) is 4.57 Å². The normalized spacial score (nSPS) is 10.0. The van der Waals surface area contributed by atoms with Crippen LogP contribution in [0.5, 0.6) is 0 Å². The molecule has 1 aromatic rings. The van der Waals surface area contributed by atoms with E-state index in [1.807, 2.05) is 0 Å². The monoisotopic (exact) mass is 159 g/mol. The highest BCUT2D eigenvalue weighted by molar-refractivity contribution is 6.59. The fourth-order valence-electron chi connectivity index (χ4n) is 0.703. The van der Waals surface area contributed by atoms with E-state index in [1.54, 1.807) is 17.8 Å². The minimum atomic E-state index is -1.43. The number of halogens is 1. The van der Waals surface area contributed by atoms with Gasteiger partial charge in [0.2, 0.25) is 0 Å². The fraction of sp³-hybridized carbons (Fsp3) is 0.200. The minimum Gasteiger partial charge on any atom is -0.423 e. The second kappa shape index (κ2) is 2.66. The molecule has 0 unspecified atom stereocenters. The maximum atomic E-state index is 8.65. The van der Waals surface area contributed by atoms with Crippen LogP contribution in [-0.2, 0) is 7.05 Å². The third-order valence-corrected chi connectivity index (χ3v) is 1.64. The highest BCUT2D eigenvalue weighted by Crippen LogP contribution is 2.04. The van der Waals surface area contributed by atoms with Gasteiger partial charge >= 0.3 is 7.12 Å². The predicted octanol–water partition coefficient (Wildman–Crippen LogP) is -0.642. The molecule has 5 heteroatoms. The lowest BCUT2D eigenvalue weighted by Crippen LogP contribution is -2.28. The van der Waals surface area contributed by atoms with E-state index < -0.39 is 7.12 Å². The number of aromatic nitrogens is 1. The van der Waals surface area contributed by atoms with E-state index in [9.17, 15) is 0 Å². The summed E-state index contributed by atoms with van der Waals surface area (Å²) in [6.07, 6.45) is 1.56. The molecule has 0 aliphatic heterocycles. The zero-order chi connectivity index (χ0) is 7.72. The van der Waals surface area contributed by atoms with Crippen LogP contribution in [0.3, 0.4) is 0 Å². The lowest BCUT2D eigenvalue weighted by molar-refractivity contribution is 0.425. The molecule has 0 spiro atoms. The fourth-order valence-corrected chi connectivity index (χ4v) is 0.878. The van der Waals surface area contributed by atoms with Crippen LogP contribution >= 0.6 is 11.6 Å². The van der Waals surface area contributed by atoms with Gasteiger partial charge in [-0.15, -0.1) is 0 Å². The van der Waals surface area contributed by atoms with Crippen molar-refractivity contribution in [1.29, 1.82) is 0 Å². The van der Waals surface area contributed by atoms with Crippen LogP contribution in [0.25, 0.3) is 0 Å². The Morgan fingerprint density at radius 3 is 2.40 bits per heavy atom. The molecule has 10 heavy (non-hydrogen) atoms. The zero-order valence-electron chi connectivity index (χ0n) is 5.45. The van der Waals surface area contributed by atoms with Crippen molar-refractivity contribution >= 4 is 24.2 Å². The van der Waals surface area contributed by atoms with Crippen molar-refractivity contribution < 1.29 is 10.0 Å². The van der Waals surface area contributed by atoms with Crippen LogP contribution in [0.4, 0.5) is 0 Å². The largest absolute Gasteiger partial charge is 0.490 e. The zero-order valence-corrected chi connectivity index (χ0v) is 6.21. The average molecular weight is 159 g/mol. The van der Waals surface area contributed by atoms with Crippen molar-refractivity contribution in [2.45, 2.75) is 0 Å². The second-order valence-electron chi connectivity index (χ2n) is 2.08. The van der Waals surface area contributed by atoms with Gasteiger partial charge < -0.3 is 14.6 Å². The first-order chi connectivity index (χ1) is 4.61. The van der Waals surface area contributed by atoms with Crippen LogP contribution in [0.15, 0.2) is 12.3 Å². The van der Waals surface area contributed by atoms with Crippen molar-refractivity contribution in [3.05, 3.63) is 17.4 Å². The Hall–Kier alpha value is -0.445. The first kappa shape index (κ1) is 7.66. The number of hydrogen-bond acceptors (Lipinski definition) is 2. The molecular formula is C5H7BClNO2. The van der Waals surface area contributed by atoms with Crippen LogP contribution < -0.4 is 5.46 Å². The molecule has 0 atom stereocenters. The molecule has 0 aromatic carbocycles. The van der Waals surface area contributed by atoms with Crippen molar-refractivity contribution in [2.24, 2.45) is 7.05 Å². The Labute approximate surface area is 64.0 Å². The second-order valence-corrected chi connectivity index (χ2v) is 2.47. The van der Waals surface area contributed by atoms with Gasteiger partial charge in [0.1, 0.15) is 5.15 Å². The molecule has 1 aromatic heterocycles. The minimum absolute atomic E-state index is 0.410. The lowest BCUT2D eigenvalue weighted by atomic mass is 9.83. The molecule has 0 aliphatic carbocycles. The molecule has 0 saturated heterocycles. The molecule has 0 fully saturated rings. The summed E-state index contributed by atoms with van der Waals surface area (Å²) >= 11 is 5.61. The summed E-state index contributed by atoms with van der Waals surface area (Å²) in [5.74, 6) is 0. The Balaban J connectivity index is 2.98. The highest BCUT2D eigenvalue weighted by Gasteiger charge is 2.13. The standard InChI is InChI=1S/C5H7BClNO2/c1-8-3-4(6(9)10)2-5(8)7/h2-3,9-10H,1H3. The highest BCUT2D eigenvalue weighted by atomic mass is 35.5. The number of hydrogen-bond donors (Lipinski definition) is 2. The van der Waals surface area contributed by atoms with Gasteiger partial charge in [-0.1, -0.05) is 11.6 Å². The van der Waals surface area contributed by atoms with Crippen molar-refractivity contribution in [2.75, 3.05) is 0 Å². The SMILES string of the molecule is Cn1cc(B(O)O)cc1Cl. The molecule has 0 saturated carbocycles. The molecule has 3 nitrogen and oxygen atoms in total. The third kappa shape index (κ3) is 1.34. The van der Waals surface area contributed by atoms with Gasteiger partial charge in [0.15, 0.2) is 0 Å². The maximum Gasteiger partial charge on any atom is 0.490 e. The summed E-state index contributed by atoms with van der Waals surface area (Å²) in [4.78, 5) is 0. The summed E-state index contributed by atoms with van der Waals surface area (Å²) < 4.78 is 1.61. The van der Waals surface area contributed by atoms with Gasteiger partial charge in [-0.3, -0.25) is 0 Å². The number of aryl methyl sites for hydroxylation is 1. The quantitative estimate of drug-likeness (QED) is 0.535. The van der Waals surface area contributed by atoms with Gasteiger partial charge in [-0.05, 0) is 6.07 Å². The lowest BCUT2D eigenvalue weighted by Gasteiger charge is -1.89. The van der Waals surface area contributed by atoms with Gasteiger partial charge in [0.05, 0.1) is 0 Å². The Morgan fingerprint density at radius 1 is 1.60 bits per heavy atom. The van der Waals surface area contributed by atoms with E-state index in [1.165, 1.54) is 6.07 Å². The van der Waals surface area contributed by atoms with E-state index in [0.29, 0.717) is 10.6 Å². The molecule has 1 heterocycles. The summed E-state index contributed by atoms with van der Waals surface area (Å²) in [5, 5.41) is 17.8. The van der Waals surface area contributed by atoms with Gasteiger partial charge in [-0.25, -0.2) is 0 Å². The van der Waals surface area contributed by atoms with E-state index in [4.69, 9.17) is 21.6 Å². The molecular weight excluding hydrogens is 152 g/mol. The number of rotatable bonds is 1. The van der Waals surface area contributed by atoms with Crippen LogP contribution in [0.1, 0.15) is 0 Å². The molecule has 0 bridgehead atoms. The van der Waals surface area contributed by atoms with Crippen LogP contribution in [0.2, 0.25) is 5.15 Å². The van der Waals surface area contributed by atoms with Crippen LogP contribution in [-0.4, -0.2) is 21.7 Å². The molecule has 2 N–H and O–H groups in total. The topological polar surface area (TPSA) is 45.4 Å². The van der Waals surface area contributed by atoms with E-state index >= 15 is 0 Å². The van der Waals surface area contributed by atoms with Crippen LogP contribution in [0, 0.1) is 0 Å². The predicted molar refractivity (Wildman–Crippen MR) is 40.2 cm³/mol. The molecule has 0 aliphatic rings. The third-order valence-electron chi connectivity index (χ3n) is 1.26. The van der Waals surface area contributed by atoms with Gasteiger partial charge in [0, 0.05) is 18.7 Å².